The summed E-state index contributed by atoms with van der Waals surface area (Å²) >= 11 is 0. The Morgan fingerprint density at radius 2 is 1.92 bits per heavy atom. The summed E-state index contributed by atoms with van der Waals surface area (Å²) in [7, 11) is 2.89. The fraction of sp³-hybridized carbons (Fsp3) is 0.444. The van der Waals surface area contributed by atoms with Crippen LogP contribution < -0.4 is 0 Å². The number of allylic oxidation sites excluding steroid dienone is 2. The molecule has 3 nitrogen and oxygen atoms in total. The first-order valence-corrected chi connectivity index (χ1v) is 3.67. The van der Waals surface area contributed by atoms with Gasteiger partial charge in [0, 0.05) is 14.2 Å². The number of methoxy groups -OCH3 is 2. The lowest BCUT2D eigenvalue weighted by Gasteiger charge is -2.26. The van der Waals surface area contributed by atoms with E-state index in [1.54, 1.807) is 12.2 Å². The Hall–Kier alpha value is -0.930. The lowest BCUT2D eigenvalue weighted by Crippen LogP contribution is -2.41. The first-order valence-electron chi connectivity index (χ1n) is 3.67. The highest BCUT2D eigenvalue weighted by Gasteiger charge is 2.35. The van der Waals surface area contributed by atoms with Gasteiger partial charge in [-0.2, -0.15) is 0 Å². The standard InChI is InChI=1S/C9H12O3/c1-7-4-5-9(11-2,12-3)8(10)6-7/h4-6H,1-3H3. The zero-order valence-corrected chi connectivity index (χ0v) is 7.46. The summed E-state index contributed by atoms with van der Waals surface area (Å²) < 4.78 is 9.97. The molecular formula is C9H12O3. The molecule has 0 unspecified atom stereocenters. The lowest BCUT2D eigenvalue weighted by molar-refractivity contribution is -0.181. The van der Waals surface area contributed by atoms with Crippen LogP contribution in [-0.2, 0) is 14.3 Å². The Morgan fingerprint density at radius 1 is 1.33 bits per heavy atom. The molecule has 0 saturated carbocycles. The average molecular weight is 168 g/mol. The van der Waals surface area contributed by atoms with E-state index in [4.69, 9.17) is 9.47 Å². The Bertz CT molecular complexity index is 246. The van der Waals surface area contributed by atoms with Crippen molar-refractivity contribution in [2.24, 2.45) is 0 Å². The fourth-order valence-electron chi connectivity index (χ4n) is 1.10. The minimum atomic E-state index is -1.19. The number of ether oxygens (including phenoxy) is 2. The van der Waals surface area contributed by atoms with Crippen molar-refractivity contribution in [2.75, 3.05) is 14.2 Å². The van der Waals surface area contributed by atoms with Gasteiger partial charge in [0.05, 0.1) is 0 Å². The van der Waals surface area contributed by atoms with E-state index >= 15 is 0 Å². The van der Waals surface area contributed by atoms with E-state index in [0.29, 0.717) is 0 Å². The molecule has 0 heterocycles. The van der Waals surface area contributed by atoms with Gasteiger partial charge < -0.3 is 9.47 Å². The van der Waals surface area contributed by atoms with E-state index in [-0.39, 0.29) is 5.78 Å². The van der Waals surface area contributed by atoms with Crippen LogP contribution in [0, 0.1) is 0 Å². The van der Waals surface area contributed by atoms with E-state index in [0.717, 1.165) is 5.57 Å². The summed E-state index contributed by atoms with van der Waals surface area (Å²) in [6, 6.07) is 0. The molecule has 0 aliphatic heterocycles. The number of ketones is 1. The number of carbonyl (C=O) groups excluding carboxylic acids is 1. The molecule has 0 aromatic rings. The van der Waals surface area contributed by atoms with Crippen molar-refractivity contribution < 1.29 is 14.3 Å². The normalized spacial score (nSPS) is 20.9. The smallest absolute Gasteiger partial charge is 0.253 e. The molecule has 0 amide bonds. The topological polar surface area (TPSA) is 35.5 Å². The minimum absolute atomic E-state index is 0.174. The van der Waals surface area contributed by atoms with Gasteiger partial charge in [0.25, 0.3) is 5.79 Å². The summed E-state index contributed by atoms with van der Waals surface area (Å²) in [5.74, 6) is -1.37. The third-order valence-corrected chi connectivity index (χ3v) is 1.87. The molecule has 0 aromatic carbocycles. The first kappa shape index (κ1) is 9.16. The van der Waals surface area contributed by atoms with Crippen LogP contribution in [0.15, 0.2) is 23.8 Å². The maximum Gasteiger partial charge on any atom is 0.253 e. The van der Waals surface area contributed by atoms with Gasteiger partial charge in [-0.1, -0.05) is 6.08 Å². The second-order valence-corrected chi connectivity index (χ2v) is 2.66. The molecule has 66 valence electrons. The number of hydrogen-bond acceptors (Lipinski definition) is 3. The molecule has 1 rings (SSSR count). The number of carbonyl (C=O) groups is 1. The van der Waals surface area contributed by atoms with E-state index < -0.39 is 5.79 Å². The van der Waals surface area contributed by atoms with Crippen molar-refractivity contribution in [3.8, 4) is 0 Å². The molecule has 0 aromatic heterocycles. The largest absolute Gasteiger partial charge is 0.344 e. The molecule has 0 fully saturated rings. The van der Waals surface area contributed by atoms with Crippen LogP contribution in [0.5, 0.6) is 0 Å². The Labute approximate surface area is 71.7 Å². The molecule has 0 bridgehead atoms. The molecule has 3 heteroatoms. The summed E-state index contributed by atoms with van der Waals surface area (Å²) in [5, 5.41) is 0. The molecule has 0 atom stereocenters. The van der Waals surface area contributed by atoms with Gasteiger partial charge in [0.15, 0.2) is 0 Å². The Kier molecular flexibility index (Phi) is 2.45. The van der Waals surface area contributed by atoms with Crippen LogP contribution >= 0.6 is 0 Å². The van der Waals surface area contributed by atoms with Gasteiger partial charge in [-0.15, -0.1) is 0 Å². The van der Waals surface area contributed by atoms with Gasteiger partial charge in [-0.25, -0.2) is 0 Å². The van der Waals surface area contributed by atoms with Crippen molar-refractivity contribution in [1.82, 2.24) is 0 Å². The quantitative estimate of drug-likeness (QED) is 0.578. The maximum atomic E-state index is 11.4. The summed E-state index contributed by atoms with van der Waals surface area (Å²) in [5.41, 5.74) is 0.907. The number of hydrogen-bond donors (Lipinski definition) is 0. The molecule has 0 N–H and O–H groups in total. The fourth-order valence-corrected chi connectivity index (χ4v) is 1.10. The summed E-state index contributed by atoms with van der Waals surface area (Å²) in [4.78, 5) is 11.4. The third kappa shape index (κ3) is 1.33. The maximum absolute atomic E-state index is 11.4. The minimum Gasteiger partial charge on any atom is -0.344 e. The van der Waals surface area contributed by atoms with Crippen molar-refractivity contribution in [3.63, 3.8) is 0 Å². The zero-order chi connectivity index (χ0) is 9.19. The van der Waals surface area contributed by atoms with Crippen molar-refractivity contribution in [2.45, 2.75) is 12.7 Å². The monoisotopic (exact) mass is 168 g/mol. The molecule has 1 aliphatic rings. The molecule has 0 saturated heterocycles. The molecule has 12 heavy (non-hydrogen) atoms. The predicted octanol–water partition coefficient (Wildman–Crippen LogP) is 1.06. The van der Waals surface area contributed by atoms with Crippen LogP contribution in [0.3, 0.4) is 0 Å². The van der Waals surface area contributed by atoms with E-state index in [2.05, 4.69) is 0 Å². The van der Waals surface area contributed by atoms with Crippen molar-refractivity contribution >= 4 is 5.78 Å². The molecule has 0 radical (unpaired) electrons. The van der Waals surface area contributed by atoms with Crippen molar-refractivity contribution in [3.05, 3.63) is 23.8 Å². The highest BCUT2D eigenvalue weighted by molar-refractivity contribution is 5.99. The van der Waals surface area contributed by atoms with E-state index in [9.17, 15) is 4.79 Å². The van der Waals surface area contributed by atoms with Gasteiger partial charge in [-0.05, 0) is 24.6 Å². The van der Waals surface area contributed by atoms with E-state index in [1.165, 1.54) is 20.3 Å². The van der Waals surface area contributed by atoms with Crippen LogP contribution in [0.1, 0.15) is 6.92 Å². The number of rotatable bonds is 2. The van der Waals surface area contributed by atoms with Gasteiger partial charge >= 0.3 is 0 Å². The van der Waals surface area contributed by atoms with Crippen LogP contribution in [-0.4, -0.2) is 25.8 Å². The predicted molar refractivity (Wildman–Crippen MR) is 44.7 cm³/mol. The highest BCUT2D eigenvalue weighted by atomic mass is 16.7. The van der Waals surface area contributed by atoms with E-state index in [1.807, 2.05) is 6.92 Å². The van der Waals surface area contributed by atoms with Crippen molar-refractivity contribution in [1.29, 1.82) is 0 Å². The molecular weight excluding hydrogens is 156 g/mol. The summed E-state index contributed by atoms with van der Waals surface area (Å²) in [6.07, 6.45) is 4.92. The molecule has 1 aliphatic carbocycles. The SMILES string of the molecule is COC1(OC)C=CC(C)=CC1=O. The van der Waals surface area contributed by atoms with Crippen LogP contribution in [0.2, 0.25) is 0 Å². The average Bonchev–Trinajstić information content (AvgIpc) is 2.06. The zero-order valence-electron chi connectivity index (χ0n) is 7.46. The Balaban J connectivity index is 2.96. The van der Waals surface area contributed by atoms with Gasteiger partial charge in [-0.3, -0.25) is 4.79 Å². The van der Waals surface area contributed by atoms with Gasteiger partial charge in [0.1, 0.15) is 0 Å². The Morgan fingerprint density at radius 3 is 2.33 bits per heavy atom. The van der Waals surface area contributed by atoms with Crippen LogP contribution in [0.25, 0.3) is 0 Å². The molecule has 0 spiro atoms. The van der Waals surface area contributed by atoms with Crippen LogP contribution in [0.4, 0.5) is 0 Å². The van der Waals surface area contributed by atoms with Gasteiger partial charge in [0.2, 0.25) is 5.78 Å². The first-order chi connectivity index (χ1) is 5.64. The second-order valence-electron chi connectivity index (χ2n) is 2.66. The third-order valence-electron chi connectivity index (χ3n) is 1.87. The summed E-state index contributed by atoms with van der Waals surface area (Å²) in [6.45, 7) is 1.85. The second kappa shape index (κ2) is 3.21. The lowest BCUT2D eigenvalue weighted by atomic mass is 10.0. The highest BCUT2D eigenvalue weighted by Crippen LogP contribution is 2.21.